The highest BCUT2D eigenvalue weighted by atomic mass is 35.5. The van der Waals surface area contributed by atoms with Gasteiger partial charge in [-0.2, -0.15) is 0 Å². The lowest BCUT2D eigenvalue weighted by Crippen LogP contribution is -2.14. The van der Waals surface area contributed by atoms with E-state index in [4.69, 9.17) is 27.8 Å². The van der Waals surface area contributed by atoms with Crippen LogP contribution in [0, 0.1) is 5.82 Å². The predicted molar refractivity (Wildman–Crippen MR) is 75.1 cm³/mol. The molecule has 0 spiro atoms. The van der Waals surface area contributed by atoms with Crippen LogP contribution >= 0.6 is 11.6 Å². The van der Waals surface area contributed by atoms with Crippen LogP contribution < -0.4 is 16.2 Å². The van der Waals surface area contributed by atoms with Crippen LogP contribution in [0.15, 0.2) is 36.4 Å². The van der Waals surface area contributed by atoms with Crippen molar-refractivity contribution in [2.24, 2.45) is 5.73 Å². The maximum atomic E-state index is 13.3. The first kappa shape index (κ1) is 14.1. The van der Waals surface area contributed by atoms with Gasteiger partial charge in [0.05, 0.1) is 16.3 Å². The Morgan fingerprint density at radius 2 is 1.95 bits per heavy atom. The lowest BCUT2D eigenvalue weighted by Gasteiger charge is -2.13. The largest absolute Gasteiger partial charge is 0.486 e. The highest BCUT2D eigenvalue weighted by molar-refractivity contribution is 6.31. The van der Waals surface area contributed by atoms with Crippen LogP contribution in [0.1, 0.15) is 15.9 Å². The molecule has 4 nitrogen and oxygen atoms in total. The number of nitrogen functional groups attached to an aromatic ring is 1. The summed E-state index contributed by atoms with van der Waals surface area (Å²) in [5.74, 6) is -1.03. The van der Waals surface area contributed by atoms with Crippen LogP contribution in [0.2, 0.25) is 5.02 Å². The molecule has 104 valence electrons. The van der Waals surface area contributed by atoms with Crippen LogP contribution in [-0.4, -0.2) is 5.91 Å². The second-order valence-electron chi connectivity index (χ2n) is 4.09. The number of benzene rings is 2. The Labute approximate surface area is 120 Å². The summed E-state index contributed by atoms with van der Waals surface area (Å²) in [5.41, 5.74) is 11.9. The summed E-state index contributed by atoms with van der Waals surface area (Å²) < 4.78 is 18.8. The van der Waals surface area contributed by atoms with Crippen molar-refractivity contribution in [3.05, 3.63) is 58.4 Å². The zero-order valence-corrected chi connectivity index (χ0v) is 11.2. The van der Waals surface area contributed by atoms with Crippen molar-refractivity contribution in [2.75, 3.05) is 5.73 Å². The van der Waals surface area contributed by atoms with E-state index in [2.05, 4.69) is 0 Å². The number of para-hydroxylation sites is 1. The number of anilines is 1. The minimum atomic E-state index is -0.655. The van der Waals surface area contributed by atoms with Gasteiger partial charge in [0.1, 0.15) is 12.4 Å². The molecule has 1 amide bonds. The summed E-state index contributed by atoms with van der Waals surface area (Å²) in [6.45, 7) is -0.0227. The number of ether oxygens (including phenoxy) is 1. The van der Waals surface area contributed by atoms with Gasteiger partial charge in [-0.3, -0.25) is 4.79 Å². The maximum Gasteiger partial charge on any atom is 0.252 e. The van der Waals surface area contributed by atoms with E-state index in [1.54, 1.807) is 18.2 Å². The van der Waals surface area contributed by atoms with E-state index >= 15 is 0 Å². The van der Waals surface area contributed by atoms with Crippen molar-refractivity contribution in [3.63, 3.8) is 0 Å². The third kappa shape index (κ3) is 2.83. The molecule has 6 heteroatoms. The van der Waals surface area contributed by atoms with E-state index < -0.39 is 11.7 Å². The Hall–Kier alpha value is -2.27. The smallest absolute Gasteiger partial charge is 0.252 e. The molecule has 20 heavy (non-hydrogen) atoms. The summed E-state index contributed by atoms with van der Waals surface area (Å²) in [6.07, 6.45) is 0. The zero-order chi connectivity index (χ0) is 14.7. The third-order valence-corrected chi connectivity index (χ3v) is 3.14. The van der Waals surface area contributed by atoms with Crippen LogP contribution in [-0.2, 0) is 6.61 Å². The second-order valence-corrected chi connectivity index (χ2v) is 4.47. The Bertz CT molecular complexity index is 662. The molecule has 0 aliphatic carbocycles. The summed E-state index contributed by atoms with van der Waals surface area (Å²) in [4.78, 5) is 11.3. The fourth-order valence-electron chi connectivity index (χ4n) is 1.72. The number of nitrogens with two attached hydrogens (primary N) is 2. The van der Waals surface area contributed by atoms with Crippen LogP contribution in [0.3, 0.4) is 0 Å². The average Bonchev–Trinajstić information content (AvgIpc) is 2.41. The van der Waals surface area contributed by atoms with E-state index in [0.717, 1.165) is 0 Å². The number of carbonyl (C=O) groups is 1. The van der Waals surface area contributed by atoms with E-state index in [-0.39, 0.29) is 28.6 Å². The molecule has 0 bridgehead atoms. The predicted octanol–water partition coefficient (Wildman–Crippen LogP) is 2.74. The fourth-order valence-corrected chi connectivity index (χ4v) is 1.90. The average molecular weight is 295 g/mol. The lowest BCUT2D eigenvalue weighted by atomic mass is 10.1. The molecule has 0 radical (unpaired) electrons. The molecule has 0 aliphatic heterocycles. The second kappa shape index (κ2) is 5.79. The highest BCUT2D eigenvalue weighted by Gasteiger charge is 2.14. The first-order chi connectivity index (χ1) is 9.50. The van der Waals surface area contributed by atoms with Gasteiger partial charge in [-0.25, -0.2) is 4.39 Å². The summed E-state index contributed by atoms with van der Waals surface area (Å²) >= 11 is 5.82. The summed E-state index contributed by atoms with van der Waals surface area (Å²) in [6, 6.07) is 9.06. The molecular weight excluding hydrogens is 283 g/mol. The molecule has 0 fully saturated rings. The Morgan fingerprint density at radius 1 is 1.25 bits per heavy atom. The van der Waals surface area contributed by atoms with Crippen LogP contribution in [0.4, 0.5) is 10.1 Å². The zero-order valence-electron chi connectivity index (χ0n) is 10.4. The number of hydrogen-bond acceptors (Lipinski definition) is 3. The van der Waals surface area contributed by atoms with Gasteiger partial charge < -0.3 is 16.2 Å². The number of rotatable bonds is 4. The van der Waals surface area contributed by atoms with Gasteiger partial charge in [0, 0.05) is 5.56 Å². The van der Waals surface area contributed by atoms with Crippen molar-refractivity contribution in [1.29, 1.82) is 0 Å². The Balaban J connectivity index is 2.27. The first-order valence-electron chi connectivity index (χ1n) is 5.74. The van der Waals surface area contributed by atoms with Gasteiger partial charge >= 0.3 is 0 Å². The molecular formula is C14H12ClFN2O2. The SMILES string of the molecule is NC(=O)c1cccc(N)c1OCc1cccc(F)c1Cl. The quantitative estimate of drug-likeness (QED) is 0.851. The molecule has 2 rings (SSSR count). The minimum absolute atomic E-state index is 0.0227. The van der Waals surface area contributed by atoms with E-state index in [0.29, 0.717) is 5.56 Å². The van der Waals surface area contributed by atoms with Crippen molar-refractivity contribution < 1.29 is 13.9 Å². The minimum Gasteiger partial charge on any atom is -0.486 e. The van der Waals surface area contributed by atoms with E-state index in [1.165, 1.54) is 18.2 Å². The highest BCUT2D eigenvalue weighted by Crippen LogP contribution is 2.28. The summed E-state index contributed by atoms with van der Waals surface area (Å²) in [5, 5.41) is -0.0253. The normalized spacial score (nSPS) is 10.3. The van der Waals surface area contributed by atoms with Crippen molar-refractivity contribution in [2.45, 2.75) is 6.61 Å². The molecule has 0 aromatic heterocycles. The van der Waals surface area contributed by atoms with Crippen molar-refractivity contribution in [1.82, 2.24) is 0 Å². The summed E-state index contributed by atoms with van der Waals surface area (Å²) in [7, 11) is 0. The van der Waals surface area contributed by atoms with Gasteiger partial charge in [-0.05, 0) is 18.2 Å². The van der Waals surface area contributed by atoms with E-state index in [1.807, 2.05) is 0 Å². The molecule has 0 unspecified atom stereocenters. The molecule has 0 atom stereocenters. The van der Waals surface area contributed by atoms with E-state index in [9.17, 15) is 9.18 Å². The molecule has 4 N–H and O–H groups in total. The number of halogens is 2. The van der Waals surface area contributed by atoms with Gasteiger partial charge in [0.15, 0.2) is 5.75 Å². The topological polar surface area (TPSA) is 78.3 Å². The molecule has 0 saturated carbocycles. The standard InChI is InChI=1S/C14H12ClFN2O2/c15-12-8(3-1-5-10(12)16)7-20-13-9(14(18)19)4-2-6-11(13)17/h1-6H,7,17H2,(H2,18,19). The van der Waals surface area contributed by atoms with Gasteiger partial charge in [0.2, 0.25) is 0 Å². The molecule has 0 saturated heterocycles. The molecule has 0 aliphatic rings. The molecule has 2 aromatic rings. The Kier molecular flexibility index (Phi) is 4.10. The maximum absolute atomic E-state index is 13.3. The first-order valence-corrected chi connectivity index (χ1v) is 6.12. The monoisotopic (exact) mass is 294 g/mol. The van der Waals surface area contributed by atoms with Crippen LogP contribution in [0.5, 0.6) is 5.75 Å². The molecule has 0 heterocycles. The number of amides is 1. The lowest BCUT2D eigenvalue weighted by molar-refractivity contribution is 0.0996. The van der Waals surface area contributed by atoms with Gasteiger partial charge in [-0.15, -0.1) is 0 Å². The fraction of sp³-hybridized carbons (Fsp3) is 0.0714. The number of hydrogen-bond donors (Lipinski definition) is 2. The van der Waals surface area contributed by atoms with Crippen molar-refractivity contribution in [3.8, 4) is 5.75 Å². The Morgan fingerprint density at radius 3 is 2.65 bits per heavy atom. The number of carbonyl (C=O) groups excluding carboxylic acids is 1. The van der Waals surface area contributed by atoms with Gasteiger partial charge in [0.25, 0.3) is 5.91 Å². The van der Waals surface area contributed by atoms with Crippen molar-refractivity contribution >= 4 is 23.2 Å². The third-order valence-electron chi connectivity index (χ3n) is 2.71. The number of primary amides is 1. The molecule has 2 aromatic carbocycles. The van der Waals surface area contributed by atoms with Gasteiger partial charge in [-0.1, -0.05) is 29.8 Å². The van der Waals surface area contributed by atoms with Crippen LogP contribution in [0.25, 0.3) is 0 Å².